The predicted molar refractivity (Wildman–Crippen MR) is 79.3 cm³/mol. The number of hydrogen-bond donors (Lipinski definition) is 0. The maximum Gasteiger partial charge on any atom is 0.129 e. The normalized spacial score (nSPS) is 10.8. The molecule has 100 valence electrons. The SMILES string of the molecule is Cc1cc(Pc2cc(C)c(F)c(C)c2)cc(C)c1F. The molecule has 0 spiro atoms. The monoisotopic (exact) mass is 278 g/mol. The summed E-state index contributed by atoms with van der Waals surface area (Å²) in [5, 5.41) is 2.17. The van der Waals surface area contributed by atoms with E-state index in [2.05, 4.69) is 0 Å². The van der Waals surface area contributed by atoms with E-state index in [-0.39, 0.29) is 11.6 Å². The van der Waals surface area contributed by atoms with Crippen molar-refractivity contribution in [1.82, 2.24) is 0 Å². The molecule has 2 rings (SSSR count). The molecule has 0 radical (unpaired) electrons. The third kappa shape index (κ3) is 3.01. The van der Waals surface area contributed by atoms with Crippen LogP contribution in [0.4, 0.5) is 8.78 Å². The Balaban J connectivity index is 2.36. The molecular weight excluding hydrogens is 261 g/mol. The smallest absolute Gasteiger partial charge is 0.129 e. The molecule has 2 aromatic carbocycles. The minimum absolute atomic E-state index is 0.139. The van der Waals surface area contributed by atoms with E-state index >= 15 is 0 Å². The predicted octanol–water partition coefficient (Wildman–Crippen LogP) is 3.83. The van der Waals surface area contributed by atoms with E-state index in [4.69, 9.17) is 0 Å². The van der Waals surface area contributed by atoms with Gasteiger partial charge < -0.3 is 0 Å². The molecule has 0 nitrogen and oxygen atoms in total. The lowest BCUT2D eigenvalue weighted by molar-refractivity contribution is 0.610. The number of rotatable bonds is 2. The summed E-state index contributed by atoms with van der Waals surface area (Å²) in [7, 11) is 0.422. The van der Waals surface area contributed by atoms with Gasteiger partial charge in [-0.1, -0.05) is 8.58 Å². The molecule has 2 aromatic rings. The Bertz CT molecular complexity index is 531. The largest absolute Gasteiger partial charge is 0.206 e. The van der Waals surface area contributed by atoms with Crippen molar-refractivity contribution in [2.75, 3.05) is 0 Å². The van der Waals surface area contributed by atoms with Crippen molar-refractivity contribution in [1.29, 1.82) is 0 Å². The highest BCUT2D eigenvalue weighted by Crippen LogP contribution is 2.19. The van der Waals surface area contributed by atoms with Gasteiger partial charge in [-0.05, 0) is 84.8 Å². The molecular formula is C16H17F2P. The summed E-state index contributed by atoms with van der Waals surface area (Å²) in [6.07, 6.45) is 0. The summed E-state index contributed by atoms with van der Waals surface area (Å²) in [6, 6.07) is 7.48. The molecule has 0 atom stereocenters. The average molecular weight is 278 g/mol. The lowest BCUT2D eigenvalue weighted by atomic mass is 10.1. The molecule has 0 unspecified atom stereocenters. The van der Waals surface area contributed by atoms with Gasteiger partial charge in [-0.15, -0.1) is 0 Å². The Morgan fingerprint density at radius 1 is 0.632 bits per heavy atom. The van der Waals surface area contributed by atoms with Gasteiger partial charge in [-0.2, -0.15) is 0 Å². The molecule has 0 N–H and O–H groups in total. The fourth-order valence-electron chi connectivity index (χ4n) is 2.20. The van der Waals surface area contributed by atoms with E-state index in [9.17, 15) is 8.78 Å². The van der Waals surface area contributed by atoms with Crippen LogP contribution in [-0.4, -0.2) is 0 Å². The van der Waals surface area contributed by atoms with Gasteiger partial charge in [0.05, 0.1) is 0 Å². The van der Waals surface area contributed by atoms with Crippen molar-refractivity contribution in [2.45, 2.75) is 27.7 Å². The van der Waals surface area contributed by atoms with Crippen LogP contribution in [0.15, 0.2) is 24.3 Å². The minimum Gasteiger partial charge on any atom is -0.206 e. The Labute approximate surface area is 114 Å². The minimum atomic E-state index is -0.139. The molecule has 0 bridgehead atoms. The second kappa shape index (κ2) is 5.38. The fourth-order valence-corrected chi connectivity index (χ4v) is 3.69. The number of benzene rings is 2. The molecule has 0 aliphatic carbocycles. The van der Waals surface area contributed by atoms with Crippen molar-refractivity contribution in [3.8, 4) is 0 Å². The summed E-state index contributed by atoms with van der Waals surface area (Å²) < 4.78 is 27.2. The fraction of sp³-hybridized carbons (Fsp3) is 0.250. The molecule has 3 heteroatoms. The Hall–Kier alpha value is -1.27. The van der Waals surface area contributed by atoms with Crippen LogP contribution >= 0.6 is 8.58 Å². The second-order valence-corrected chi connectivity index (χ2v) is 6.38. The molecule has 0 heterocycles. The maximum atomic E-state index is 13.6. The zero-order valence-electron chi connectivity index (χ0n) is 11.6. The first-order chi connectivity index (χ1) is 8.88. The van der Waals surface area contributed by atoms with Crippen LogP contribution in [-0.2, 0) is 0 Å². The van der Waals surface area contributed by atoms with Gasteiger partial charge in [-0.3, -0.25) is 0 Å². The first-order valence-electron chi connectivity index (χ1n) is 6.19. The first kappa shape index (κ1) is 14.1. The number of halogens is 2. The Morgan fingerprint density at radius 3 is 1.16 bits per heavy atom. The highest BCUT2D eigenvalue weighted by atomic mass is 31.1. The van der Waals surface area contributed by atoms with Crippen molar-refractivity contribution >= 4 is 19.2 Å². The van der Waals surface area contributed by atoms with Crippen LogP contribution in [0, 0.1) is 39.3 Å². The van der Waals surface area contributed by atoms with Crippen molar-refractivity contribution in [2.24, 2.45) is 0 Å². The molecule has 0 aliphatic rings. The molecule has 0 fully saturated rings. The second-order valence-electron chi connectivity index (χ2n) is 4.97. The molecule has 0 saturated heterocycles. The van der Waals surface area contributed by atoms with E-state index in [0.29, 0.717) is 30.8 Å². The van der Waals surface area contributed by atoms with Gasteiger partial charge in [0.15, 0.2) is 0 Å². The van der Waals surface area contributed by atoms with E-state index in [1.807, 2.05) is 24.3 Å². The standard InChI is InChI=1S/C16H17F2P/c1-9-5-13(6-10(2)15(9)17)19-14-7-11(3)16(18)12(4)8-14/h5-8,19H,1-4H3. The van der Waals surface area contributed by atoms with Crippen LogP contribution < -0.4 is 10.6 Å². The molecule has 19 heavy (non-hydrogen) atoms. The molecule has 0 aliphatic heterocycles. The quantitative estimate of drug-likeness (QED) is 0.732. The zero-order chi connectivity index (χ0) is 14.2. The highest BCUT2D eigenvalue weighted by Gasteiger charge is 2.08. The van der Waals surface area contributed by atoms with Crippen LogP contribution in [0.2, 0.25) is 0 Å². The number of aryl methyl sites for hydroxylation is 4. The lowest BCUT2D eigenvalue weighted by Gasteiger charge is -2.09. The van der Waals surface area contributed by atoms with Crippen molar-refractivity contribution in [3.63, 3.8) is 0 Å². The molecule has 0 amide bonds. The summed E-state index contributed by atoms with van der Waals surface area (Å²) in [6.45, 7) is 7.10. The molecule has 0 saturated carbocycles. The van der Waals surface area contributed by atoms with Gasteiger partial charge >= 0.3 is 0 Å². The average Bonchev–Trinajstić information content (AvgIpc) is 2.33. The Morgan fingerprint density at radius 2 is 0.895 bits per heavy atom. The van der Waals surface area contributed by atoms with Gasteiger partial charge in [0.25, 0.3) is 0 Å². The van der Waals surface area contributed by atoms with Crippen LogP contribution in [0.25, 0.3) is 0 Å². The van der Waals surface area contributed by atoms with Gasteiger partial charge in [0.1, 0.15) is 11.6 Å². The summed E-state index contributed by atoms with van der Waals surface area (Å²) in [4.78, 5) is 0. The first-order valence-corrected chi connectivity index (χ1v) is 7.19. The van der Waals surface area contributed by atoms with E-state index in [1.54, 1.807) is 27.7 Å². The van der Waals surface area contributed by atoms with Gasteiger partial charge in [0.2, 0.25) is 0 Å². The highest BCUT2D eigenvalue weighted by molar-refractivity contribution is 7.55. The summed E-state index contributed by atoms with van der Waals surface area (Å²) in [5.41, 5.74) is 2.66. The molecule has 0 aromatic heterocycles. The summed E-state index contributed by atoms with van der Waals surface area (Å²) >= 11 is 0. The number of hydrogen-bond acceptors (Lipinski definition) is 0. The summed E-state index contributed by atoms with van der Waals surface area (Å²) in [5.74, 6) is -0.278. The van der Waals surface area contributed by atoms with E-state index in [1.165, 1.54) is 0 Å². The maximum absolute atomic E-state index is 13.6. The van der Waals surface area contributed by atoms with Gasteiger partial charge in [0, 0.05) is 0 Å². The lowest BCUT2D eigenvalue weighted by Crippen LogP contribution is -2.08. The zero-order valence-corrected chi connectivity index (χ0v) is 12.6. The van der Waals surface area contributed by atoms with Crippen molar-refractivity contribution < 1.29 is 8.78 Å². The topological polar surface area (TPSA) is 0 Å². The van der Waals surface area contributed by atoms with E-state index in [0.717, 1.165) is 10.6 Å². The Kier molecular flexibility index (Phi) is 4.01. The van der Waals surface area contributed by atoms with Crippen molar-refractivity contribution in [3.05, 3.63) is 58.2 Å². The van der Waals surface area contributed by atoms with Crippen LogP contribution in [0.1, 0.15) is 22.3 Å². The van der Waals surface area contributed by atoms with Crippen LogP contribution in [0.3, 0.4) is 0 Å². The third-order valence-electron chi connectivity index (χ3n) is 3.16. The third-order valence-corrected chi connectivity index (χ3v) is 4.32. The van der Waals surface area contributed by atoms with E-state index < -0.39 is 0 Å². The van der Waals surface area contributed by atoms with Gasteiger partial charge in [-0.25, -0.2) is 8.78 Å². The van der Waals surface area contributed by atoms with Crippen LogP contribution in [0.5, 0.6) is 0 Å².